The molecular formula is C14H22N8. The number of piperidine rings is 1. The van der Waals surface area contributed by atoms with Crippen LogP contribution in [0.4, 0.5) is 11.8 Å². The van der Waals surface area contributed by atoms with E-state index in [1.54, 1.807) is 0 Å². The van der Waals surface area contributed by atoms with Crippen LogP contribution in [0.1, 0.15) is 35.8 Å². The molecule has 1 fully saturated rings. The van der Waals surface area contributed by atoms with Crippen molar-refractivity contribution in [3.05, 3.63) is 17.1 Å². The summed E-state index contributed by atoms with van der Waals surface area (Å²) in [7, 11) is 3.94. The van der Waals surface area contributed by atoms with Gasteiger partial charge in [-0.1, -0.05) is 5.21 Å². The Balaban J connectivity index is 1.78. The van der Waals surface area contributed by atoms with Crippen LogP contribution in [0, 0.1) is 13.8 Å². The van der Waals surface area contributed by atoms with Crippen LogP contribution in [-0.2, 0) is 0 Å². The molecule has 3 rings (SSSR count). The number of tetrazole rings is 1. The van der Waals surface area contributed by atoms with E-state index in [-0.39, 0.29) is 0 Å². The molecule has 1 N–H and O–H groups in total. The highest BCUT2D eigenvalue weighted by molar-refractivity contribution is 5.52. The molecule has 0 unspecified atom stereocenters. The second-order valence-electron chi connectivity index (χ2n) is 5.98. The van der Waals surface area contributed by atoms with Crippen LogP contribution in [0.5, 0.6) is 0 Å². The molecule has 0 atom stereocenters. The molecule has 2 aromatic heterocycles. The van der Waals surface area contributed by atoms with Crippen LogP contribution < -0.4 is 9.80 Å². The topological polar surface area (TPSA) is 86.7 Å². The molecule has 3 heterocycles. The third-order valence-electron chi connectivity index (χ3n) is 4.27. The summed E-state index contributed by atoms with van der Waals surface area (Å²) in [5, 5.41) is 14.4. The summed E-state index contributed by atoms with van der Waals surface area (Å²) in [5.41, 5.74) is 2.19. The number of nitrogens with one attached hydrogen (secondary N) is 1. The van der Waals surface area contributed by atoms with Gasteiger partial charge in [0.15, 0.2) is 5.82 Å². The van der Waals surface area contributed by atoms with Crippen LogP contribution in [-0.4, -0.2) is 57.8 Å². The summed E-state index contributed by atoms with van der Waals surface area (Å²) < 4.78 is 0. The quantitative estimate of drug-likeness (QED) is 0.907. The molecule has 1 aliphatic rings. The minimum Gasteiger partial charge on any atom is -0.356 e. The van der Waals surface area contributed by atoms with Crippen LogP contribution in [0.3, 0.4) is 0 Å². The first-order chi connectivity index (χ1) is 10.6. The summed E-state index contributed by atoms with van der Waals surface area (Å²) in [6, 6.07) is 0. The average molecular weight is 302 g/mol. The predicted octanol–water partition coefficient (Wildman–Crippen LogP) is 1.06. The Bertz CT molecular complexity index is 629. The molecule has 0 radical (unpaired) electrons. The lowest BCUT2D eigenvalue weighted by Crippen LogP contribution is -2.35. The van der Waals surface area contributed by atoms with Gasteiger partial charge in [0.1, 0.15) is 5.82 Å². The molecule has 2 aromatic rings. The number of aromatic nitrogens is 6. The molecule has 118 valence electrons. The average Bonchev–Trinajstić information content (AvgIpc) is 3.04. The number of aryl methyl sites for hydroxylation is 1. The van der Waals surface area contributed by atoms with Gasteiger partial charge in [0.25, 0.3) is 0 Å². The third-order valence-corrected chi connectivity index (χ3v) is 4.27. The molecule has 0 bridgehead atoms. The molecule has 1 saturated heterocycles. The molecular weight excluding hydrogens is 280 g/mol. The lowest BCUT2D eigenvalue weighted by Gasteiger charge is -2.33. The SMILES string of the molecule is Cc1nc(N(C)C)nc(N2CCC(c3nn[nH]n3)CC2)c1C. The van der Waals surface area contributed by atoms with Crippen LogP contribution >= 0.6 is 0 Å². The van der Waals surface area contributed by atoms with Gasteiger partial charge in [0.2, 0.25) is 5.95 Å². The number of hydrogen-bond acceptors (Lipinski definition) is 7. The zero-order valence-corrected chi connectivity index (χ0v) is 13.5. The van der Waals surface area contributed by atoms with Crippen LogP contribution in [0.15, 0.2) is 0 Å². The Morgan fingerprint density at radius 1 is 1.14 bits per heavy atom. The maximum atomic E-state index is 4.74. The summed E-state index contributed by atoms with van der Waals surface area (Å²) in [5.74, 6) is 3.01. The molecule has 1 aliphatic heterocycles. The third kappa shape index (κ3) is 2.72. The zero-order chi connectivity index (χ0) is 15.7. The Kier molecular flexibility index (Phi) is 3.91. The first-order valence-electron chi connectivity index (χ1n) is 7.57. The highest BCUT2D eigenvalue weighted by atomic mass is 15.5. The molecule has 22 heavy (non-hydrogen) atoms. The Hall–Kier alpha value is -2.25. The lowest BCUT2D eigenvalue weighted by molar-refractivity contribution is 0.483. The Labute approximate surface area is 129 Å². The number of hydrogen-bond donors (Lipinski definition) is 1. The zero-order valence-electron chi connectivity index (χ0n) is 13.5. The largest absolute Gasteiger partial charge is 0.356 e. The van der Waals surface area contributed by atoms with Gasteiger partial charge >= 0.3 is 0 Å². The standard InChI is InChI=1S/C14H22N8/c1-9-10(2)15-14(21(3)4)16-13(9)22-7-5-11(6-8-22)12-17-19-20-18-12/h11H,5-8H2,1-4H3,(H,17,18,19,20). The van der Waals surface area contributed by atoms with E-state index in [0.717, 1.165) is 54.8 Å². The summed E-state index contributed by atoms with van der Waals surface area (Å²) in [4.78, 5) is 13.6. The fraction of sp³-hybridized carbons (Fsp3) is 0.643. The van der Waals surface area contributed by atoms with E-state index in [9.17, 15) is 0 Å². The lowest BCUT2D eigenvalue weighted by atomic mass is 9.96. The van der Waals surface area contributed by atoms with Gasteiger partial charge in [0, 0.05) is 44.4 Å². The van der Waals surface area contributed by atoms with Crippen molar-refractivity contribution in [2.45, 2.75) is 32.6 Å². The van der Waals surface area contributed by atoms with Gasteiger partial charge in [0.05, 0.1) is 0 Å². The van der Waals surface area contributed by atoms with E-state index in [0.29, 0.717) is 5.92 Å². The van der Waals surface area contributed by atoms with Crippen molar-refractivity contribution < 1.29 is 0 Å². The second kappa shape index (κ2) is 5.86. The highest BCUT2D eigenvalue weighted by Crippen LogP contribution is 2.30. The molecule has 0 aromatic carbocycles. The van der Waals surface area contributed by atoms with E-state index >= 15 is 0 Å². The predicted molar refractivity (Wildman–Crippen MR) is 84.2 cm³/mol. The van der Waals surface area contributed by atoms with Crippen molar-refractivity contribution in [2.75, 3.05) is 37.0 Å². The van der Waals surface area contributed by atoms with E-state index in [1.165, 1.54) is 0 Å². The number of rotatable bonds is 3. The first kappa shape index (κ1) is 14.7. The second-order valence-corrected chi connectivity index (χ2v) is 5.98. The molecule has 8 heteroatoms. The number of nitrogens with zero attached hydrogens (tertiary/aromatic N) is 7. The first-order valence-corrected chi connectivity index (χ1v) is 7.57. The molecule has 0 aliphatic carbocycles. The van der Waals surface area contributed by atoms with Crippen LogP contribution in [0.25, 0.3) is 0 Å². The molecule has 0 spiro atoms. The fourth-order valence-corrected chi connectivity index (χ4v) is 2.80. The number of aromatic amines is 1. The monoisotopic (exact) mass is 302 g/mol. The maximum absolute atomic E-state index is 4.74. The van der Waals surface area contributed by atoms with Crippen molar-refractivity contribution in [3.8, 4) is 0 Å². The maximum Gasteiger partial charge on any atom is 0.227 e. The van der Waals surface area contributed by atoms with Crippen molar-refractivity contribution >= 4 is 11.8 Å². The Morgan fingerprint density at radius 2 is 1.86 bits per heavy atom. The fourth-order valence-electron chi connectivity index (χ4n) is 2.80. The van der Waals surface area contributed by atoms with Gasteiger partial charge in [-0.05, 0) is 26.7 Å². The normalized spacial score (nSPS) is 16.1. The van der Waals surface area contributed by atoms with Gasteiger partial charge in [-0.15, -0.1) is 10.2 Å². The van der Waals surface area contributed by atoms with E-state index < -0.39 is 0 Å². The van der Waals surface area contributed by atoms with Gasteiger partial charge in [-0.3, -0.25) is 0 Å². The number of H-pyrrole nitrogens is 1. The van der Waals surface area contributed by atoms with Gasteiger partial charge < -0.3 is 9.80 Å². The Morgan fingerprint density at radius 3 is 2.45 bits per heavy atom. The minimum atomic E-state index is 0.381. The van der Waals surface area contributed by atoms with Crippen molar-refractivity contribution in [1.82, 2.24) is 30.6 Å². The number of anilines is 2. The highest BCUT2D eigenvalue weighted by Gasteiger charge is 2.26. The van der Waals surface area contributed by atoms with Gasteiger partial charge in [-0.25, -0.2) is 4.98 Å². The van der Waals surface area contributed by atoms with Crippen molar-refractivity contribution in [3.63, 3.8) is 0 Å². The van der Waals surface area contributed by atoms with E-state index in [4.69, 9.17) is 4.98 Å². The van der Waals surface area contributed by atoms with E-state index in [2.05, 4.69) is 37.4 Å². The summed E-state index contributed by atoms with van der Waals surface area (Å²) in [6.45, 7) is 6.03. The smallest absolute Gasteiger partial charge is 0.227 e. The molecule has 8 nitrogen and oxygen atoms in total. The summed E-state index contributed by atoms with van der Waals surface area (Å²) in [6.07, 6.45) is 2.03. The molecule has 0 amide bonds. The van der Waals surface area contributed by atoms with Crippen molar-refractivity contribution in [1.29, 1.82) is 0 Å². The van der Waals surface area contributed by atoms with Crippen LogP contribution in [0.2, 0.25) is 0 Å². The van der Waals surface area contributed by atoms with E-state index in [1.807, 2.05) is 25.9 Å². The van der Waals surface area contributed by atoms with Gasteiger partial charge in [-0.2, -0.15) is 10.2 Å². The molecule has 0 saturated carbocycles. The minimum absolute atomic E-state index is 0.381. The summed E-state index contributed by atoms with van der Waals surface area (Å²) >= 11 is 0. The van der Waals surface area contributed by atoms with Crippen molar-refractivity contribution in [2.24, 2.45) is 0 Å².